The Morgan fingerprint density at radius 2 is 1.95 bits per heavy atom. The second kappa shape index (κ2) is 7.52. The zero-order valence-electron chi connectivity index (χ0n) is 11.4. The highest BCUT2D eigenvalue weighted by atomic mass is 35.5. The lowest BCUT2D eigenvalue weighted by molar-refractivity contribution is -0.132. The number of ether oxygens (including phenoxy) is 1. The first-order valence-electron chi connectivity index (χ1n) is 6.68. The number of carbonyl (C=O) groups is 2. The van der Waals surface area contributed by atoms with Crippen LogP contribution in [-0.4, -0.2) is 43.0 Å². The van der Waals surface area contributed by atoms with Crippen molar-refractivity contribution < 1.29 is 14.3 Å². The molecule has 1 N–H and O–H groups in total. The summed E-state index contributed by atoms with van der Waals surface area (Å²) in [7, 11) is 0. The molecule has 0 atom stereocenters. The Balaban J connectivity index is 1.73. The van der Waals surface area contributed by atoms with Crippen LogP contribution < -0.4 is 10.1 Å². The standard InChI is InChI=1S/C14H16Cl2N2O3/c15-10-3-4-12(11(16)7-10)21-9-13(19)17-8-14(20)18-5-1-2-6-18/h3-4,7H,1-2,5-6,8-9H2,(H,17,19). The van der Waals surface area contributed by atoms with Crippen LogP contribution in [0, 0.1) is 0 Å². The number of rotatable bonds is 5. The highest BCUT2D eigenvalue weighted by Gasteiger charge is 2.18. The molecule has 0 aromatic heterocycles. The number of halogens is 2. The Morgan fingerprint density at radius 1 is 1.24 bits per heavy atom. The number of nitrogens with zero attached hydrogens (tertiary/aromatic N) is 1. The maximum absolute atomic E-state index is 11.8. The van der Waals surface area contributed by atoms with E-state index in [0.717, 1.165) is 25.9 Å². The first-order chi connectivity index (χ1) is 10.1. The van der Waals surface area contributed by atoms with Gasteiger partial charge in [0.1, 0.15) is 5.75 Å². The molecule has 1 aliphatic rings. The first-order valence-corrected chi connectivity index (χ1v) is 7.44. The van der Waals surface area contributed by atoms with Crippen LogP contribution in [0.4, 0.5) is 0 Å². The number of hydrogen-bond acceptors (Lipinski definition) is 3. The number of nitrogens with one attached hydrogen (secondary N) is 1. The molecule has 0 unspecified atom stereocenters. The Morgan fingerprint density at radius 3 is 2.62 bits per heavy atom. The van der Waals surface area contributed by atoms with Crippen molar-refractivity contribution in [1.82, 2.24) is 10.2 Å². The van der Waals surface area contributed by atoms with Gasteiger partial charge in [-0.15, -0.1) is 0 Å². The van der Waals surface area contributed by atoms with Gasteiger partial charge < -0.3 is 15.0 Å². The number of hydrogen-bond donors (Lipinski definition) is 1. The summed E-state index contributed by atoms with van der Waals surface area (Å²) >= 11 is 11.7. The van der Waals surface area contributed by atoms with Gasteiger partial charge in [-0.25, -0.2) is 0 Å². The van der Waals surface area contributed by atoms with Gasteiger partial charge in [-0.05, 0) is 31.0 Å². The maximum Gasteiger partial charge on any atom is 0.258 e. The third kappa shape index (κ3) is 4.79. The average Bonchev–Trinajstić information content (AvgIpc) is 2.98. The molecule has 0 bridgehead atoms. The molecule has 0 saturated carbocycles. The molecule has 0 aliphatic carbocycles. The minimum Gasteiger partial charge on any atom is -0.482 e. The normalized spacial score (nSPS) is 14.1. The van der Waals surface area contributed by atoms with Crippen LogP contribution in [0.5, 0.6) is 5.75 Å². The molecular formula is C14H16Cl2N2O3. The Labute approximate surface area is 133 Å². The Bertz CT molecular complexity index is 531. The second-order valence-electron chi connectivity index (χ2n) is 4.73. The summed E-state index contributed by atoms with van der Waals surface area (Å²) in [6.07, 6.45) is 2.05. The van der Waals surface area contributed by atoms with Gasteiger partial charge in [0.15, 0.2) is 6.61 Å². The van der Waals surface area contributed by atoms with Crippen molar-refractivity contribution in [3.63, 3.8) is 0 Å². The number of benzene rings is 1. The van der Waals surface area contributed by atoms with Crippen LogP contribution in [0.1, 0.15) is 12.8 Å². The molecule has 114 valence electrons. The summed E-state index contributed by atoms with van der Waals surface area (Å²) in [5, 5.41) is 3.37. The van der Waals surface area contributed by atoms with E-state index in [9.17, 15) is 9.59 Å². The van der Waals surface area contributed by atoms with Crippen molar-refractivity contribution in [2.75, 3.05) is 26.2 Å². The molecular weight excluding hydrogens is 315 g/mol. The molecule has 1 aromatic carbocycles. The number of likely N-dealkylation sites (tertiary alicyclic amines) is 1. The van der Waals surface area contributed by atoms with E-state index in [1.54, 1.807) is 17.0 Å². The van der Waals surface area contributed by atoms with E-state index in [4.69, 9.17) is 27.9 Å². The Hall–Kier alpha value is -1.46. The average molecular weight is 331 g/mol. The van der Waals surface area contributed by atoms with Gasteiger partial charge in [-0.1, -0.05) is 23.2 Å². The molecule has 2 amide bonds. The highest BCUT2D eigenvalue weighted by Crippen LogP contribution is 2.27. The third-order valence-corrected chi connectivity index (χ3v) is 3.68. The van der Waals surface area contributed by atoms with Gasteiger partial charge in [-0.3, -0.25) is 9.59 Å². The van der Waals surface area contributed by atoms with Crippen LogP contribution in [0.2, 0.25) is 10.0 Å². The molecule has 0 radical (unpaired) electrons. The van der Waals surface area contributed by atoms with Crippen molar-refractivity contribution in [2.45, 2.75) is 12.8 Å². The lowest BCUT2D eigenvalue weighted by atomic mass is 10.3. The van der Waals surface area contributed by atoms with Crippen molar-refractivity contribution in [2.24, 2.45) is 0 Å². The van der Waals surface area contributed by atoms with Crippen LogP contribution in [-0.2, 0) is 9.59 Å². The highest BCUT2D eigenvalue weighted by molar-refractivity contribution is 6.35. The molecule has 0 spiro atoms. The predicted octanol–water partition coefficient (Wildman–Crippen LogP) is 2.11. The molecule has 1 fully saturated rings. The van der Waals surface area contributed by atoms with E-state index < -0.39 is 0 Å². The zero-order chi connectivity index (χ0) is 15.2. The Kier molecular flexibility index (Phi) is 5.70. The van der Waals surface area contributed by atoms with Gasteiger partial charge in [-0.2, -0.15) is 0 Å². The van der Waals surface area contributed by atoms with Crippen LogP contribution in [0.25, 0.3) is 0 Å². The van der Waals surface area contributed by atoms with E-state index in [-0.39, 0.29) is 25.0 Å². The largest absolute Gasteiger partial charge is 0.482 e. The van der Waals surface area contributed by atoms with Crippen LogP contribution in [0.15, 0.2) is 18.2 Å². The third-order valence-electron chi connectivity index (χ3n) is 3.15. The number of amides is 2. The minimum atomic E-state index is -0.367. The molecule has 1 heterocycles. The minimum absolute atomic E-state index is 0.00343. The zero-order valence-corrected chi connectivity index (χ0v) is 12.9. The van der Waals surface area contributed by atoms with E-state index in [1.807, 2.05) is 0 Å². The van der Waals surface area contributed by atoms with Gasteiger partial charge in [0.25, 0.3) is 5.91 Å². The fourth-order valence-corrected chi connectivity index (χ4v) is 2.50. The summed E-state index contributed by atoms with van der Waals surface area (Å²) in [4.78, 5) is 25.1. The molecule has 7 heteroatoms. The fourth-order valence-electron chi connectivity index (χ4n) is 2.04. The van der Waals surface area contributed by atoms with Gasteiger partial charge in [0, 0.05) is 18.1 Å². The van der Waals surface area contributed by atoms with Crippen molar-refractivity contribution in [1.29, 1.82) is 0 Å². The first kappa shape index (κ1) is 15.9. The van der Waals surface area contributed by atoms with Crippen molar-refractivity contribution in [3.8, 4) is 5.75 Å². The molecule has 1 saturated heterocycles. The van der Waals surface area contributed by atoms with Crippen molar-refractivity contribution in [3.05, 3.63) is 28.2 Å². The summed E-state index contributed by atoms with van der Waals surface area (Å²) in [5.41, 5.74) is 0. The monoisotopic (exact) mass is 330 g/mol. The lowest BCUT2D eigenvalue weighted by Gasteiger charge is -2.15. The summed E-state index contributed by atoms with van der Waals surface area (Å²) in [6.45, 7) is 1.34. The molecule has 2 rings (SSSR count). The summed E-state index contributed by atoms with van der Waals surface area (Å²) in [6, 6.07) is 4.75. The lowest BCUT2D eigenvalue weighted by Crippen LogP contribution is -2.40. The molecule has 1 aromatic rings. The van der Waals surface area contributed by atoms with E-state index in [2.05, 4.69) is 5.32 Å². The van der Waals surface area contributed by atoms with E-state index in [0.29, 0.717) is 15.8 Å². The summed E-state index contributed by atoms with van der Waals surface area (Å²) in [5.74, 6) is -0.0546. The van der Waals surface area contributed by atoms with Gasteiger partial charge in [0.2, 0.25) is 5.91 Å². The second-order valence-corrected chi connectivity index (χ2v) is 5.57. The van der Waals surface area contributed by atoms with E-state index in [1.165, 1.54) is 6.07 Å². The number of carbonyl (C=O) groups excluding carboxylic acids is 2. The topological polar surface area (TPSA) is 58.6 Å². The fraction of sp³-hybridized carbons (Fsp3) is 0.429. The summed E-state index contributed by atoms with van der Waals surface area (Å²) < 4.78 is 5.28. The predicted molar refractivity (Wildman–Crippen MR) is 80.8 cm³/mol. The van der Waals surface area contributed by atoms with Crippen LogP contribution in [0.3, 0.4) is 0 Å². The van der Waals surface area contributed by atoms with Gasteiger partial charge in [0.05, 0.1) is 11.6 Å². The molecule has 1 aliphatic heterocycles. The molecule has 21 heavy (non-hydrogen) atoms. The van der Waals surface area contributed by atoms with Crippen molar-refractivity contribution >= 4 is 35.0 Å². The smallest absolute Gasteiger partial charge is 0.258 e. The molecule has 5 nitrogen and oxygen atoms in total. The van der Waals surface area contributed by atoms with E-state index >= 15 is 0 Å². The van der Waals surface area contributed by atoms with Gasteiger partial charge >= 0.3 is 0 Å². The maximum atomic E-state index is 11.8. The quantitative estimate of drug-likeness (QED) is 0.899. The SMILES string of the molecule is O=C(COc1ccc(Cl)cc1Cl)NCC(=O)N1CCCC1. The van der Waals surface area contributed by atoms with Crippen LogP contribution >= 0.6 is 23.2 Å².